The summed E-state index contributed by atoms with van der Waals surface area (Å²) in [5, 5.41) is 2.24. The first-order valence-electron chi connectivity index (χ1n) is 2.60. The van der Waals surface area contributed by atoms with E-state index in [2.05, 4.69) is 5.18 Å². The van der Waals surface area contributed by atoms with Crippen LogP contribution in [0.3, 0.4) is 0 Å². The Labute approximate surface area is 68.7 Å². The van der Waals surface area contributed by atoms with Crippen LogP contribution in [0.2, 0.25) is 0 Å². The van der Waals surface area contributed by atoms with Gasteiger partial charge < -0.3 is 0 Å². The molecule has 0 aromatic rings. The van der Waals surface area contributed by atoms with E-state index >= 15 is 0 Å². The molecule has 0 heterocycles. The second kappa shape index (κ2) is 3.88. The first kappa shape index (κ1) is 9.85. The van der Waals surface area contributed by atoms with Crippen LogP contribution < -0.4 is 0 Å². The minimum Gasteiger partial charge on any atom is -0.268 e. The fourth-order valence-corrected chi connectivity index (χ4v) is 0.775. The Morgan fingerprint density at radius 2 is 1.90 bits per heavy atom. The molecule has 5 heteroatoms. The van der Waals surface area contributed by atoms with E-state index in [0.29, 0.717) is 0 Å². The van der Waals surface area contributed by atoms with Gasteiger partial charge in [0.15, 0.2) is 0 Å². The predicted molar refractivity (Wildman–Crippen MR) is 40.3 cm³/mol. The van der Waals surface area contributed by atoms with Gasteiger partial charge in [-0.2, -0.15) is 0 Å². The van der Waals surface area contributed by atoms with Crippen LogP contribution >= 0.6 is 23.2 Å². The summed E-state index contributed by atoms with van der Waals surface area (Å²) in [7, 11) is 0. The molecule has 0 saturated heterocycles. The fraction of sp³-hybridized carbons (Fsp3) is 0.800. The molecule has 0 rings (SSSR count). The van der Waals surface area contributed by atoms with Gasteiger partial charge in [0, 0.05) is 16.9 Å². The summed E-state index contributed by atoms with van der Waals surface area (Å²) in [6.45, 7) is 1.50. The van der Waals surface area contributed by atoms with E-state index < -0.39 is 11.3 Å². The standard InChI is InChI=1S/C5H7Cl2NO2/c1-5(2-6,3-7)4(9)8-10/h2-3H2,1H3. The summed E-state index contributed by atoms with van der Waals surface area (Å²) >= 11 is 10.8. The maximum Gasteiger partial charge on any atom is 0.294 e. The van der Waals surface area contributed by atoms with Gasteiger partial charge in [-0.05, 0) is 6.92 Å². The summed E-state index contributed by atoms with van der Waals surface area (Å²) in [4.78, 5) is 20.4. The molecular formula is C5H7Cl2NO2. The summed E-state index contributed by atoms with van der Waals surface area (Å²) in [5.74, 6) is -0.764. The van der Waals surface area contributed by atoms with Gasteiger partial charge in [0.25, 0.3) is 5.91 Å². The number of amides is 1. The minimum atomic E-state index is -0.995. The topological polar surface area (TPSA) is 46.5 Å². The second-order valence-electron chi connectivity index (χ2n) is 2.22. The quantitative estimate of drug-likeness (QED) is 0.495. The molecule has 0 spiro atoms. The van der Waals surface area contributed by atoms with Crippen LogP contribution in [0.1, 0.15) is 6.92 Å². The first-order chi connectivity index (χ1) is 4.60. The van der Waals surface area contributed by atoms with Gasteiger partial charge in [0.2, 0.25) is 0 Å². The van der Waals surface area contributed by atoms with Crippen LogP contribution in [0.15, 0.2) is 5.18 Å². The minimum absolute atomic E-state index is 0.0150. The number of rotatable bonds is 3. The number of hydrogen-bond acceptors (Lipinski definition) is 2. The highest BCUT2D eigenvalue weighted by Gasteiger charge is 2.32. The largest absolute Gasteiger partial charge is 0.294 e. The van der Waals surface area contributed by atoms with Crippen molar-refractivity contribution in [1.29, 1.82) is 0 Å². The zero-order valence-corrected chi connectivity index (χ0v) is 6.95. The predicted octanol–water partition coefficient (Wildman–Crippen LogP) is 1.76. The Hall–Kier alpha value is -0.150. The van der Waals surface area contributed by atoms with Crippen molar-refractivity contribution in [3.05, 3.63) is 4.91 Å². The van der Waals surface area contributed by atoms with Crippen LogP contribution in [-0.2, 0) is 4.79 Å². The van der Waals surface area contributed by atoms with E-state index in [1.165, 1.54) is 6.92 Å². The zero-order valence-electron chi connectivity index (χ0n) is 5.43. The lowest BCUT2D eigenvalue weighted by Gasteiger charge is -2.16. The molecule has 0 saturated carbocycles. The molecule has 0 aliphatic rings. The monoisotopic (exact) mass is 183 g/mol. The van der Waals surface area contributed by atoms with Gasteiger partial charge in [0.05, 0.1) is 5.41 Å². The van der Waals surface area contributed by atoms with Crippen molar-refractivity contribution in [1.82, 2.24) is 0 Å². The summed E-state index contributed by atoms with van der Waals surface area (Å²) < 4.78 is 0. The Bertz CT molecular complexity index is 145. The maximum absolute atomic E-state index is 10.6. The highest BCUT2D eigenvalue weighted by molar-refractivity contribution is 6.24. The van der Waals surface area contributed by atoms with Crippen LogP contribution in [0, 0.1) is 10.3 Å². The Kier molecular flexibility index (Phi) is 3.83. The molecular weight excluding hydrogens is 177 g/mol. The van der Waals surface area contributed by atoms with Crippen molar-refractivity contribution in [2.24, 2.45) is 10.6 Å². The third-order valence-corrected chi connectivity index (χ3v) is 2.37. The number of nitroso groups, excluding NO2 is 1. The van der Waals surface area contributed by atoms with E-state index in [1.54, 1.807) is 0 Å². The molecule has 1 amide bonds. The lowest BCUT2D eigenvalue weighted by atomic mass is 9.95. The molecule has 10 heavy (non-hydrogen) atoms. The van der Waals surface area contributed by atoms with Crippen molar-refractivity contribution in [2.45, 2.75) is 6.92 Å². The molecule has 58 valence electrons. The third kappa shape index (κ3) is 1.92. The van der Waals surface area contributed by atoms with E-state index in [-0.39, 0.29) is 11.8 Å². The van der Waals surface area contributed by atoms with Crippen molar-refractivity contribution < 1.29 is 4.79 Å². The lowest BCUT2D eigenvalue weighted by molar-refractivity contribution is -0.124. The van der Waals surface area contributed by atoms with Crippen LogP contribution in [0.25, 0.3) is 0 Å². The lowest BCUT2D eigenvalue weighted by Crippen LogP contribution is -2.29. The molecule has 3 nitrogen and oxygen atoms in total. The van der Waals surface area contributed by atoms with Gasteiger partial charge in [-0.3, -0.25) is 4.79 Å². The molecule has 0 radical (unpaired) electrons. The molecule has 0 aliphatic heterocycles. The van der Waals surface area contributed by atoms with Crippen LogP contribution in [0.4, 0.5) is 0 Å². The van der Waals surface area contributed by atoms with E-state index in [0.717, 1.165) is 0 Å². The molecule has 0 aromatic carbocycles. The third-order valence-electron chi connectivity index (χ3n) is 1.19. The maximum atomic E-state index is 10.6. The number of hydrogen-bond donors (Lipinski definition) is 0. The number of carbonyl (C=O) groups is 1. The van der Waals surface area contributed by atoms with Crippen molar-refractivity contribution in [2.75, 3.05) is 11.8 Å². The molecule has 0 unspecified atom stereocenters. The Morgan fingerprint density at radius 3 is 2.00 bits per heavy atom. The molecule has 0 aliphatic carbocycles. The molecule has 0 fully saturated rings. The van der Waals surface area contributed by atoms with Crippen molar-refractivity contribution >= 4 is 29.1 Å². The van der Waals surface area contributed by atoms with Gasteiger partial charge in [-0.1, -0.05) is 0 Å². The summed E-state index contributed by atoms with van der Waals surface area (Å²) in [6.07, 6.45) is 0. The first-order valence-corrected chi connectivity index (χ1v) is 3.67. The highest BCUT2D eigenvalue weighted by Crippen LogP contribution is 2.21. The van der Waals surface area contributed by atoms with E-state index in [9.17, 15) is 9.70 Å². The number of alkyl halides is 2. The van der Waals surface area contributed by atoms with E-state index in [4.69, 9.17) is 23.2 Å². The zero-order chi connectivity index (χ0) is 8.20. The van der Waals surface area contributed by atoms with Gasteiger partial charge in [0.1, 0.15) is 0 Å². The highest BCUT2D eigenvalue weighted by atomic mass is 35.5. The number of nitrogens with zero attached hydrogens (tertiary/aromatic N) is 1. The number of carbonyl (C=O) groups excluding carboxylic acids is 1. The smallest absolute Gasteiger partial charge is 0.268 e. The SMILES string of the molecule is CC(CCl)(CCl)C(=O)N=O. The Balaban J connectivity index is 4.31. The average molecular weight is 184 g/mol. The molecule has 0 atom stereocenters. The summed E-state index contributed by atoms with van der Waals surface area (Å²) in [6, 6.07) is 0. The van der Waals surface area contributed by atoms with Crippen LogP contribution in [-0.4, -0.2) is 17.7 Å². The van der Waals surface area contributed by atoms with Gasteiger partial charge >= 0.3 is 0 Å². The van der Waals surface area contributed by atoms with Crippen LogP contribution in [0.5, 0.6) is 0 Å². The summed E-state index contributed by atoms with van der Waals surface area (Å²) in [5.41, 5.74) is -0.995. The second-order valence-corrected chi connectivity index (χ2v) is 2.76. The fourth-order valence-electron chi connectivity index (χ4n) is 0.260. The van der Waals surface area contributed by atoms with Crippen molar-refractivity contribution in [3.63, 3.8) is 0 Å². The van der Waals surface area contributed by atoms with Gasteiger partial charge in [-0.15, -0.1) is 28.1 Å². The molecule has 0 bridgehead atoms. The van der Waals surface area contributed by atoms with Gasteiger partial charge in [-0.25, -0.2) is 0 Å². The Morgan fingerprint density at radius 1 is 1.50 bits per heavy atom. The normalized spacial score (nSPS) is 11.1. The number of halogens is 2. The van der Waals surface area contributed by atoms with E-state index in [1.807, 2.05) is 0 Å². The molecule has 0 N–H and O–H groups in total. The average Bonchev–Trinajstić information content (AvgIpc) is 2.01. The molecule has 0 aromatic heterocycles. The van der Waals surface area contributed by atoms with Crippen molar-refractivity contribution in [3.8, 4) is 0 Å².